The lowest BCUT2D eigenvalue weighted by Gasteiger charge is -2.18. The van der Waals surface area contributed by atoms with Crippen molar-refractivity contribution >= 4 is 31.9 Å². The minimum Gasteiger partial charge on any atom is -0.496 e. The highest BCUT2D eigenvalue weighted by molar-refractivity contribution is 9.10. The third-order valence-electron chi connectivity index (χ3n) is 2.43. The molecule has 0 aliphatic rings. The van der Waals surface area contributed by atoms with E-state index in [1.807, 2.05) is 0 Å². The van der Waals surface area contributed by atoms with Crippen molar-refractivity contribution in [2.45, 2.75) is 11.8 Å². The summed E-state index contributed by atoms with van der Waals surface area (Å²) in [5.41, 5.74) is 0. The van der Waals surface area contributed by atoms with Crippen LogP contribution in [-0.4, -0.2) is 44.0 Å². The molecule has 1 N–H and O–H groups in total. The van der Waals surface area contributed by atoms with Crippen LogP contribution >= 0.6 is 15.9 Å². The summed E-state index contributed by atoms with van der Waals surface area (Å²) < 4.78 is 30.9. The average Bonchev–Trinajstić information content (AvgIpc) is 2.35. The molecule has 1 rings (SSSR count). The van der Waals surface area contributed by atoms with Crippen LogP contribution in [0.15, 0.2) is 27.6 Å². The van der Waals surface area contributed by atoms with Crippen molar-refractivity contribution in [3.05, 3.63) is 22.7 Å². The highest BCUT2D eigenvalue weighted by Gasteiger charge is 2.25. The molecule has 0 unspecified atom stereocenters. The average molecular weight is 352 g/mol. The molecule has 19 heavy (non-hydrogen) atoms. The number of nitrogens with zero attached hydrogens (tertiary/aromatic N) is 1. The van der Waals surface area contributed by atoms with Gasteiger partial charge in [-0.15, -0.1) is 0 Å². The van der Waals surface area contributed by atoms with Gasteiger partial charge in [0.1, 0.15) is 12.3 Å². The predicted molar refractivity (Wildman–Crippen MR) is 72.8 cm³/mol. The van der Waals surface area contributed by atoms with E-state index in [2.05, 4.69) is 15.9 Å². The van der Waals surface area contributed by atoms with Gasteiger partial charge in [0.2, 0.25) is 10.0 Å². The first-order valence-electron chi connectivity index (χ1n) is 5.38. The van der Waals surface area contributed by atoms with E-state index in [1.165, 1.54) is 25.3 Å². The second-order valence-electron chi connectivity index (χ2n) is 3.62. The number of likely N-dealkylation sites (N-methyl/N-ethyl adjacent to an activating group) is 1. The molecular formula is C11H14BrNO5S. The Labute approximate surface area is 120 Å². The summed E-state index contributed by atoms with van der Waals surface area (Å²) in [7, 11) is -2.36. The number of methoxy groups -OCH3 is 1. The van der Waals surface area contributed by atoms with Crippen LogP contribution in [0.4, 0.5) is 0 Å². The number of halogens is 1. The Hall–Kier alpha value is -1.12. The van der Waals surface area contributed by atoms with Crippen molar-refractivity contribution in [1.29, 1.82) is 0 Å². The number of hydrogen-bond acceptors (Lipinski definition) is 4. The van der Waals surface area contributed by atoms with Crippen LogP contribution in [0, 0.1) is 0 Å². The summed E-state index contributed by atoms with van der Waals surface area (Å²) in [5, 5.41) is 8.73. The molecule has 1 aromatic carbocycles. The zero-order valence-electron chi connectivity index (χ0n) is 10.5. The molecular weight excluding hydrogens is 338 g/mol. The standard InChI is InChI=1S/C11H14BrNO5S/c1-3-13(7-11(14)15)19(16,17)8-4-5-10(18-2)9(12)6-8/h4-6H,3,7H2,1-2H3,(H,14,15). The fraction of sp³-hybridized carbons (Fsp3) is 0.364. The lowest BCUT2D eigenvalue weighted by atomic mass is 10.3. The molecule has 0 aliphatic carbocycles. The molecule has 106 valence electrons. The van der Waals surface area contributed by atoms with E-state index >= 15 is 0 Å². The molecule has 0 saturated carbocycles. The van der Waals surface area contributed by atoms with Crippen molar-refractivity contribution < 1.29 is 23.1 Å². The molecule has 0 heterocycles. The maximum Gasteiger partial charge on any atom is 0.318 e. The van der Waals surface area contributed by atoms with Gasteiger partial charge in [-0.3, -0.25) is 4.79 Å². The number of carboxylic acid groups (broad SMARTS) is 1. The van der Waals surface area contributed by atoms with Gasteiger partial charge in [-0.05, 0) is 34.1 Å². The van der Waals surface area contributed by atoms with Gasteiger partial charge in [0.25, 0.3) is 0 Å². The number of rotatable bonds is 6. The summed E-state index contributed by atoms with van der Waals surface area (Å²) in [5.74, 6) is -0.696. The Morgan fingerprint density at radius 2 is 2.11 bits per heavy atom. The fourth-order valence-corrected chi connectivity index (χ4v) is 3.59. The molecule has 0 bridgehead atoms. The molecule has 0 radical (unpaired) electrons. The first-order valence-corrected chi connectivity index (χ1v) is 7.61. The molecule has 0 amide bonds. The van der Waals surface area contributed by atoms with Gasteiger partial charge in [0.05, 0.1) is 16.5 Å². The molecule has 0 fully saturated rings. The zero-order chi connectivity index (χ0) is 14.6. The van der Waals surface area contributed by atoms with E-state index in [1.54, 1.807) is 6.92 Å². The van der Waals surface area contributed by atoms with Crippen LogP contribution in [0.5, 0.6) is 5.75 Å². The van der Waals surface area contributed by atoms with Crippen molar-refractivity contribution in [3.63, 3.8) is 0 Å². The Morgan fingerprint density at radius 3 is 2.53 bits per heavy atom. The second kappa shape index (κ2) is 6.36. The number of aliphatic carboxylic acids is 1. The molecule has 1 aromatic rings. The summed E-state index contributed by atoms with van der Waals surface area (Å²) in [6.45, 7) is 1.10. The van der Waals surface area contributed by atoms with Crippen LogP contribution in [0.3, 0.4) is 0 Å². The summed E-state index contributed by atoms with van der Waals surface area (Å²) in [4.78, 5) is 10.7. The van der Waals surface area contributed by atoms with Gasteiger partial charge in [-0.2, -0.15) is 4.31 Å². The lowest BCUT2D eigenvalue weighted by molar-refractivity contribution is -0.137. The Morgan fingerprint density at radius 1 is 1.47 bits per heavy atom. The van der Waals surface area contributed by atoms with Crippen LogP contribution < -0.4 is 4.74 Å². The van der Waals surface area contributed by atoms with Gasteiger partial charge >= 0.3 is 5.97 Å². The summed E-state index contributed by atoms with van der Waals surface area (Å²) >= 11 is 3.20. The number of hydrogen-bond donors (Lipinski definition) is 1. The number of sulfonamides is 1. The van der Waals surface area contributed by atoms with Crippen LogP contribution in [0.25, 0.3) is 0 Å². The number of carboxylic acids is 1. The largest absolute Gasteiger partial charge is 0.496 e. The topological polar surface area (TPSA) is 83.9 Å². The fourth-order valence-electron chi connectivity index (χ4n) is 1.47. The monoisotopic (exact) mass is 351 g/mol. The molecule has 8 heteroatoms. The van der Waals surface area contributed by atoms with Gasteiger partial charge < -0.3 is 9.84 Å². The molecule has 0 spiro atoms. The normalized spacial score (nSPS) is 11.6. The maximum atomic E-state index is 12.3. The van der Waals surface area contributed by atoms with E-state index < -0.39 is 22.5 Å². The highest BCUT2D eigenvalue weighted by Crippen LogP contribution is 2.28. The zero-order valence-corrected chi connectivity index (χ0v) is 12.9. The van der Waals surface area contributed by atoms with Crippen molar-refractivity contribution in [2.24, 2.45) is 0 Å². The van der Waals surface area contributed by atoms with Crippen LogP contribution in [0.2, 0.25) is 0 Å². The minimum absolute atomic E-state index is 0.0169. The maximum absolute atomic E-state index is 12.3. The molecule has 0 aromatic heterocycles. The first-order chi connectivity index (χ1) is 8.82. The van der Waals surface area contributed by atoms with Crippen molar-refractivity contribution in [3.8, 4) is 5.75 Å². The van der Waals surface area contributed by atoms with Gasteiger partial charge in [0.15, 0.2) is 0 Å². The van der Waals surface area contributed by atoms with E-state index in [4.69, 9.17) is 9.84 Å². The first kappa shape index (κ1) is 15.9. The molecule has 6 nitrogen and oxygen atoms in total. The van der Waals surface area contributed by atoms with E-state index in [-0.39, 0.29) is 11.4 Å². The lowest BCUT2D eigenvalue weighted by Crippen LogP contribution is -2.35. The minimum atomic E-state index is -3.83. The van der Waals surface area contributed by atoms with Crippen molar-refractivity contribution in [2.75, 3.05) is 20.2 Å². The van der Waals surface area contributed by atoms with Gasteiger partial charge in [-0.1, -0.05) is 6.92 Å². The highest BCUT2D eigenvalue weighted by atomic mass is 79.9. The predicted octanol–water partition coefficient (Wildman–Crippen LogP) is 1.55. The quantitative estimate of drug-likeness (QED) is 0.840. The van der Waals surface area contributed by atoms with Crippen LogP contribution in [0.1, 0.15) is 6.92 Å². The van der Waals surface area contributed by atoms with Crippen molar-refractivity contribution in [1.82, 2.24) is 4.31 Å². The van der Waals surface area contributed by atoms with Crippen LogP contribution in [-0.2, 0) is 14.8 Å². The summed E-state index contributed by atoms with van der Waals surface area (Å²) in [6.07, 6.45) is 0. The smallest absolute Gasteiger partial charge is 0.318 e. The van der Waals surface area contributed by atoms with E-state index in [9.17, 15) is 13.2 Å². The number of benzene rings is 1. The van der Waals surface area contributed by atoms with Gasteiger partial charge in [-0.25, -0.2) is 8.42 Å². The molecule has 0 aliphatic heterocycles. The van der Waals surface area contributed by atoms with E-state index in [0.717, 1.165) is 4.31 Å². The number of ether oxygens (including phenoxy) is 1. The number of carbonyl (C=O) groups is 1. The SMILES string of the molecule is CCN(CC(=O)O)S(=O)(=O)c1ccc(OC)c(Br)c1. The molecule has 0 atom stereocenters. The third-order valence-corrected chi connectivity index (χ3v) is 4.96. The Kier molecular flexibility index (Phi) is 5.33. The Bertz CT molecular complexity index is 572. The molecule has 0 saturated heterocycles. The second-order valence-corrected chi connectivity index (χ2v) is 6.41. The third kappa shape index (κ3) is 3.68. The van der Waals surface area contributed by atoms with E-state index in [0.29, 0.717) is 10.2 Å². The Balaban J connectivity index is 3.18. The van der Waals surface area contributed by atoms with Gasteiger partial charge in [0, 0.05) is 6.54 Å². The summed E-state index contributed by atoms with van der Waals surface area (Å²) in [6, 6.07) is 4.27.